The second kappa shape index (κ2) is 5.26. The van der Waals surface area contributed by atoms with E-state index in [9.17, 15) is 8.42 Å². The molecule has 0 unspecified atom stereocenters. The summed E-state index contributed by atoms with van der Waals surface area (Å²) >= 11 is 0. The van der Waals surface area contributed by atoms with E-state index >= 15 is 0 Å². The van der Waals surface area contributed by atoms with Gasteiger partial charge in [0, 0.05) is 31.9 Å². The van der Waals surface area contributed by atoms with Gasteiger partial charge in [0.1, 0.15) is 0 Å². The second-order valence-corrected chi connectivity index (χ2v) is 6.69. The Bertz CT molecular complexity index is 551. The van der Waals surface area contributed by atoms with E-state index < -0.39 is 10.0 Å². The Hall–Kier alpha value is -1.47. The number of nitrogens with one attached hydrogen (secondary N) is 1. The standard InChI is InChI=1S/C12H20N4O2S/c1-15-5-7-16(8-6-15)12-4-3-10(13)9-11(12)14-19(2,17)18/h3-4,9,14H,5-8,13H2,1-2H3. The van der Waals surface area contributed by atoms with Gasteiger partial charge in [0.2, 0.25) is 10.0 Å². The maximum absolute atomic E-state index is 11.4. The van der Waals surface area contributed by atoms with Crippen LogP contribution in [0, 0.1) is 0 Å². The highest BCUT2D eigenvalue weighted by Gasteiger charge is 2.18. The Morgan fingerprint density at radius 1 is 1.21 bits per heavy atom. The molecular weight excluding hydrogens is 264 g/mol. The van der Waals surface area contributed by atoms with Crippen molar-refractivity contribution in [1.29, 1.82) is 0 Å². The van der Waals surface area contributed by atoms with Gasteiger partial charge in [-0.2, -0.15) is 0 Å². The van der Waals surface area contributed by atoms with Crippen LogP contribution >= 0.6 is 0 Å². The van der Waals surface area contributed by atoms with Crippen LogP contribution < -0.4 is 15.4 Å². The summed E-state index contributed by atoms with van der Waals surface area (Å²) in [6, 6.07) is 5.32. The number of nitrogens with two attached hydrogens (primary N) is 1. The fourth-order valence-electron chi connectivity index (χ4n) is 2.16. The lowest BCUT2D eigenvalue weighted by atomic mass is 10.2. The van der Waals surface area contributed by atoms with Gasteiger partial charge in [-0.05, 0) is 25.2 Å². The number of likely N-dealkylation sites (N-methyl/N-ethyl adjacent to an activating group) is 1. The molecule has 7 heteroatoms. The normalized spacial score (nSPS) is 17.5. The minimum Gasteiger partial charge on any atom is -0.399 e. The molecule has 19 heavy (non-hydrogen) atoms. The molecule has 1 aromatic carbocycles. The van der Waals surface area contributed by atoms with Gasteiger partial charge in [-0.1, -0.05) is 0 Å². The maximum atomic E-state index is 11.4. The van der Waals surface area contributed by atoms with Crippen LogP contribution in [0.1, 0.15) is 0 Å². The van der Waals surface area contributed by atoms with Gasteiger partial charge in [0.05, 0.1) is 17.6 Å². The van der Waals surface area contributed by atoms with Crippen molar-refractivity contribution in [2.75, 3.05) is 54.8 Å². The molecule has 0 radical (unpaired) electrons. The summed E-state index contributed by atoms with van der Waals surface area (Å²) in [4.78, 5) is 4.42. The third-order valence-corrected chi connectivity index (χ3v) is 3.75. The minimum atomic E-state index is -3.31. The van der Waals surface area contributed by atoms with Gasteiger partial charge < -0.3 is 15.5 Å². The fraction of sp³-hybridized carbons (Fsp3) is 0.500. The van der Waals surface area contributed by atoms with Crippen LogP contribution in [0.5, 0.6) is 0 Å². The lowest BCUT2D eigenvalue weighted by Gasteiger charge is -2.35. The van der Waals surface area contributed by atoms with Crippen molar-refractivity contribution in [3.05, 3.63) is 18.2 Å². The monoisotopic (exact) mass is 284 g/mol. The zero-order chi connectivity index (χ0) is 14.0. The largest absolute Gasteiger partial charge is 0.399 e. The average Bonchev–Trinajstić information content (AvgIpc) is 2.29. The van der Waals surface area contributed by atoms with Crippen LogP contribution in [0.3, 0.4) is 0 Å². The Morgan fingerprint density at radius 3 is 2.42 bits per heavy atom. The number of piperazine rings is 1. The molecule has 1 saturated heterocycles. The number of sulfonamides is 1. The van der Waals surface area contributed by atoms with Gasteiger partial charge in [-0.3, -0.25) is 4.72 Å². The molecule has 1 aliphatic rings. The molecule has 1 heterocycles. The van der Waals surface area contributed by atoms with E-state index in [2.05, 4.69) is 21.6 Å². The number of hydrogen-bond acceptors (Lipinski definition) is 5. The first-order chi connectivity index (χ1) is 8.85. The maximum Gasteiger partial charge on any atom is 0.229 e. The summed E-state index contributed by atoms with van der Waals surface area (Å²) in [6.07, 6.45) is 1.14. The van der Waals surface area contributed by atoms with E-state index in [1.165, 1.54) is 0 Å². The Labute approximate surface area is 114 Å². The third-order valence-electron chi connectivity index (χ3n) is 3.16. The molecule has 0 amide bonds. The predicted octanol–water partition coefficient (Wildman–Crippen LogP) is 0.392. The smallest absolute Gasteiger partial charge is 0.229 e. The van der Waals surface area contributed by atoms with Crippen molar-refractivity contribution in [3.8, 4) is 0 Å². The first-order valence-corrected chi connectivity index (χ1v) is 8.05. The SMILES string of the molecule is CN1CCN(c2ccc(N)cc2NS(C)(=O)=O)CC1. The van der Waals surface area contributed by atoms with Crippen LogP contribution in [-0.2, 0) is 10.0 Å². The average molecular weight is 284 g/mol. The van der Waals surface area contributed by atoms with Gasteiger partial charge in [-0.25, -0.2) is 8.42 Å². The van der Waals surface area contributed by atoms with Crippen molar-refractivity contribution in [3.63, 3.8) is 0 Å². The van der Waals surface area contributed by atoms with E-state index in [1.54, 1.807) is 12.1 Å². The van der Waals surface area contributed by atoms with Crippen LogP contribution in [0.4, 0.5) is 17.1 Å². The second-order valence-electron chi connectivity index (χ2n) is 4.94. The number of hydrogen-bond donors (Lipinski definition) is 2. The summed E-state index contributed by atoms with van der Waals surface area (Å²) in [5.74, 6) is 0. The van der Waals surface area contributed by atoms with Crippen LogP contribution in [0.15, 0.2) is 18.2 Å². The van der Waals surface area contributed by atoms with E-state index in [0.717, 1.165) is 38.1 Å². The van der Waals surface area contributed by atoms with Crippen molar-refractivity contribution >= 4 is 27.1 Å². The summed E-state index contributed by atoms with van der Waals surface area (Å²) in [5, 5.41) is 0. The van der Waals surface area contributed by atoms with Crippen molar-refractivity contribution in [1.82, 2.24) is 4.90 Å². The lowest BCUT2D eigenvalue weighted by Crippen LogP contribution is -2.44. The number of anilines is 3. The van der Waals surface area contributed by atoms with Gasteiger partial charge in [-0.15, -0.1) is 0 Å². The molecule has 0 spiro atoms. The molecule has 6 nitrogen and oxygen atoms in total. The lowest BCUT2D eigenvalue weighted by molar-refractivity contribution is 0.313. The molecular formula is C12H20N4O2S. The molecule has 0 saturated carbocycles. The fourth-order valence-corrected chi connectivity index (χ4v) is 2.72. The molecule has 0 aliphatic carbocycles. The van der Waals surface area contributed by atoms with E-state index in [1.807, 2.05) is 6.07 Å². The molecule has 0 aromatic heterocycles. The first-order valence-electron chi connectivity index (χ1n) is 6.16. The molecule has 2 rings (SSSR count). The highest BCUT2D eigenvalue weighted by molar-refractivity contribution is 7.92. The van der Waals surface area contributed by atoms with Gasteiger partial charge in [0.25, 0.3) is 0 Å². The summed E-state index contributed by atoms with van der Waals surface area (Å²) < 4.78 is 25.4. The molecule has 0 bridgehead atoms. The van der Waals surface area contributed by atoms with Crippen molar-refractivity contribution < 1.29 is 8.42 Å². The minimum absolute atomic E-state index is 0.545. The topological polar surface area (TPSA) is 78.7 Å². The molecule has 1 fully saturated rings. The zero-order valence-corrected chi connectivity index (χ0v) is 12.1. The van der Waals surface area contributed by atoms with Gasteiger partial charge in [0.15, 0.2) is 0 Å². The van der Waals surface area contributed by atoms with Crippen molar-refractivity contribution in [2.45, 2.75) is 0 Å². The molecule has 1 aromatic rings. The summed E-state index contributed by atoms with van der Waals surface area (Å²) in [7, 11) is -1.23. The van der Waals surface area contributed by atoms with E-state index in [-0.39, 0.29) is 0 Å². The number of benzene rings is 1. The number of rotatable bonds is 3. The third kappa shape index (κ3) is 3.74. The van der Waals surface area contributed by atoms with Crippen LogP contribution in [0.25, 0.3) is 0 Å². The Morgan fingerprint density at radius 2 is 1.84 bits per heavy atom. The van der Waals surface area contributed by atoms with E-state index in [0.29, 0.717) is 11.4 Å². The summed E-state index contributed by atoms with van der Waals surface area (Å²) in [6.45, 7) is 3.67. The van der Waals surface area contributed by atoms with Crippen LogP contribution in [-0.4, -0.2) is 52.8 Å². The highest BCUT2D eigenvalue weighted by Crippen LogP contribution is 2.29. The quantitative estimate of drug-likeness (QED) is 0.785. The van der Waals surface area contributed by atoms with Crippen molar-refractivity contribution in [2.24, 2.45) is 0 Å². The van der Waals surface area contributed by atoms with Gasteiger partial charge >= 0.3 is 0 Å². The highest BCUT2D eigenvalue weighted by atomic mass is 32.2. The zero-order valence-electron chi connectivity index (χ0n) is 11.3. The molecule has 1 aliphatic heterocycles. The summed E-state index contributed by atoms with van der Waals surface area (Å²) in [5.41, 5.74) is 7.71. The number of nitrogens with zero attached hydrogens (tertiary/aromatic N) is 2. The molecule has 3 N–H and O–H groups in total. The Kier molecular flexibility index (Phi) is 3.86. The Balaban J connectivity index is 2.29. The van der Waals surface area contributed by atoms with Crippen LogP contribution in [0.2, 0.25) is 0 Å². The first kappa shape index (κ1) is 14.0. The predicted molar refractivity (Wildman–Crippen MR) is 79.0 cm³/mol. The molecule has 0 atom stereocenters. The van der Waals surface area contributed by atoms with E-state index in [4.69, 9.17) is 5.73 Å². The molecule has 106 valence electrons. The number of nitrogen functional groups attached to an aromatic ring is 1.